The predicted octanol–water partition coefficient (Wildman–Crippen LogP) is 3.81. The first-order valence-corrected chi connectivity index (χ1v) is 6.04. The van der Waals surface area contributed by atoms with E-state index in [-0.39, 0.29) is 16.0 Å². The molecule has 0 aliphatic heterocycles. The van der Waals surface area contributed by atoms with Crippen molar-refractivity contribution in [3.63, 3.8) is 0 Å². The summed E-state index contributed by atoms with van der Waals surface area (Å²) in [5.74, 6) is 0.153. The summed E-state index contributed by atoms with van der Waals surface area (Å²) in [5.41, 5.74) is 0.114. The van der Waals surface area contributed by atoms with E-state index in [1.165, 1.54) is 13.8 Å². The molecule has 0 spiro atoms. The van der Waals surface area contributed by atoms with Gasteiger partial charge in [0.25, 0.3) is 5.69 Å². The number of anilines is 1. The van der Waals surface area contributed by atoms with Crippen LogP contribution in [0.4, 0.5) is 24.7 Å². The van der Waals surface area contributed by atoms with Gasteiger partial charge in [0.05, 0.1) is 15.8 Å². The Labute approximate surface area is 115 Å². The number of rotatable bonds is 4. The molecule has 0 aliphatic rings. The Balaban J connectivity index is 2.92. The molecule has 0 saturated heterocycles. The summed E-state index contributed by atoms with van der Waals surface area (Å²) in [4.78, 5) is 13.8. The van der Waals surface area contributed by atoms with Crippen molar-refractivity contribution >= 4 is 27.4 Å². The molecule has 0 saturated carbocycles. The van der Waals surface area contributed by atoms with Gasteiger partial charge < -0.3 is 5.32 Å². The normalized spacial score (nSPS) is 13.2. The van der Waals surface area contributed by atoms with E-state index in [4.69, 9.17) is 0 Å². The summed E-state index contributed by atoms with van der Waals surface area (Å²) < 4.78 is 36.9. The maximum atomic E-state index is 12.2. The minimum atomic E-state index is -4.28. The number of hydrogen-bond donors (Lipinski definition) is 1. The highest BCUT2D eigenvalue weighted by molar-refractivity contribution is 9.10. The Kier molecular flexibility index (Phi) is 4.72. The lowest BCUT2D eigenvalue weighted by atomic mass is 10.2. The zero-order chi connectivity index (χ0) is 14.8. The van der Waals surface area contributed by atoms with E-state index in [1.54, 1.807) is 0 Å². The molecule has 9 heteroatoms. The number of nitro groups is 1. The van der Waals surface area contributed by atoms with Crippen LogP contribution in [0.2, 0.25) is 0 Å². The minimum absolute atomic E-state index is 0.153. The minimum Gasteiger partial charge on any atom is -0.366 e. The van der Waals surface area contributed by atoms with Crippen LogP contribution in [0, 0.1) is 17.0 Å². The molecular weight excluding hydrogens is 331 g/mol. The van der Waals surface area contributed by atoms with E-state index in [2.05, 4.69) is 26.2 Å². The molecule has 0 aliphatic carbocycles. The van der Waals surface area contributed by atoms with Crippen molar-refractivity contribution < 1.29 is 18.1 Å². The first-order chi connectivity index (χ1) is 8.61. The third-order valence-corrected chi connectivity index (χ3v) is 3.33. The smallest absolute Gasteiger partial charge is 0.366 e. The topological polar surface area (TPSA) is 68.1 Å². The Morgan fingerprint density at radius 2 is 2.16 bits per heavy atom. The lowest BCUT2D eigenvalue weighted by molar-refractivity contribution is -0.385. The van der Waals surface area contributed by atoms with Gasteiger partial charge >= 0.3 is 6.18 Å². The monoisotopic (exact) mass is 341 g/mol. The number of pyridine rings is 1. The van der Waals surface area contributed by atoms with Gasteiger partial charge in [-0.1, -0.05) is 0 Å². The van der Waals surface area contributed by atoms with Crippen molar-refractivity contribution in [2.75, 3.05) is 5.32 Å². The second kappa shape index (κ2) is 5.72. The fourth-order valence-corrected chi connectivity index (χ4v) is 1.91. The Bertz CT molecular complexity index is 494. The lowest BCUT2D eigenvalue weighted by Gasteiger charge is -2.17. The van der Waals surface area contributed by atoms with Crippen molar-refractivity contribution in [3.8, 4) is 0 Å². The zero-order valence-electron chi connectivity index (χ0n) is 10.1. The molecule has 1 unspecified atom stereocenters. The third-order valence-electron chi connectivity index (χ3n) is 2.35. The van der Waals surface area contributed by atoms with Gasteiger partial charge in [-0.15, -0.1) is 0 Å². The molecule has 5 nitrogen and oxygen atoms in total. The van der Waals surface area contributed by atoms with Crippen LogP contribution in [0.25, 0.3) is 0 Å². The van der Waals surface area contributed by atoms with E-state index in [1.807, 2.05) is 0 Å². The molecular formula is C10H11BrF3N3O2. The fraction of sp³-hybridized carbons (Fsp3) is 0.500. The van der Waals surface area contributed by atoms with Gasteiger partial charge in [-0.25, -0.2) is 4.98 Å². The molecule has 106 valence electrons. The Morgan fingerprint density at radius 1 is 1.58 bits per heavy atom. The number of nitrogens with zero attached hydrogens (tertiary/aromatic N) is 2. The van der Waals surface area contributed by atoms with E-state index in [0.717, 1.165) is 6.20 Å². The summed E-state index contributed by atoms with van der Waals surface area (Å²) in [6.45, 7) is 2.85. The predicted molar refractivity (Wildman–Crippen MR) is 67.1 cm³/mol. The fourth-order valence-electron chi connectivity index (χ4n) is 1.49. The van der Waals surface area contributed by atoms with E-state index in [0.29, 0.717) is 5.56 Å². The summed E-state index contributed by atoms with van der Waals surface area (Å²) >= 11 is 3.10. The van der Waals surface area contributed by atoms with Crippen LogP contribution >= 0.6 is 15.9 Å². The molecule has 0 aromatic carbocycles. The van der Waals surface area contributed by atoms with Crippen molar-refractivity contribution in [2.24, 2.45) is 0 Å². The van der Waals surface area contributed by atoms with Crippen LogP contribution in [-0.4, -0.2) is 22.1 Å². The molecule has 1 heterocycles. The van der Waals surface area contributed by atoms with Gasteiger partial charge in [-0.2, -0.15) is 13.2 Å². The first kappa shape index (κ1) is 15.7. The van der Waals surface area contributed by atoms with E-state index < -0.39 is 23.6 Å². The average molecular weight is 342 g/mol. The molecule has 0 radical (unpaired) electrons. The second-order valence-electron chi connectivity index (χ2n) is 4.05. The van der Waals surface area contributed by atoms with E-state index in [9.17, 15) is 23.3 Å². The van der Waals surface area contributed by atoms with E-state index >= 15 is 0 Å². The van der Waals surface area contributed by atoms with Crippen molar-refractivity contribution in [3.05, 3.63) is 26.3 Å². The lowest BCUT2D eigenvalue weighted by Crippen LogP contribution is -2.24. The molecule has 1 atom stereocenters. The molecule has 1 rings (SSSR count). The molecule has 19 heavy (non-hydrogen) atoms. The van der Waals surface area contributed by atoms with Crippen molar-refractivity contribution in [1.29, 1.82) is 0 Å². The highest BCUT2D eigenvalue weighted by Crippen LogP contribution is 2.31. The average Bonchev–Trinajstić information content (AvgIpc) is 2.21. The van der Waals surface area contributed by atoms with Crippen LogP contribution in [0.3, 0.4) is 0 Å². The maximum Gasteiger partial charge on any atom is 0.391 e. The number of alkyl halides is 3. The van der Waals surface area contributed by atoms with Gasteiger partial charge in [-0.3, -0.25) is 10.1 Å². The van der Waals surface area contributed by atoms with Crippen LogP contribution in [-0.2, 0) is 0 Å². The first-order valence-electron chi connectivity index (χ1n) is 5.24. The van der Waals surface area contributed by atoms with Crippen LogP contribution < -0.4 is 5.32 Å². The highest BCUT2D eigenvalue weighted by atomic mass is 79.9. The summed E-state index contributed by atoms with van der Waals surface area (Å²) in [7, 11) is 0. The Morgan fingerprint density at radius 3 is 2.63 bits per heavy atom. The molecule has 1 N–H and O–H groups in total. The van der Waals surface area contributed by atoms with Crippen LogP contribution in [0.15, 0.2) is 10.7 Å². The van der Waals surface area contributed by atoms with Gasteiger partial charge in [0, 0.05) is 11.6 Å². The van der Waals surface area contributed by atoms with Gasteiger partial charge in [-0.05, 0) is 29.8 Å². The Hall–Kier alpha value is -1.38. The van der Waals surface area contributed by atoms with Gasteiger partial charge in [0.15, 0.2) is 0 Å². The highest BCUT2D eigenvalue weighted by Gasteiger charge is 2.30. The van der Waals surface area contributed by atoms with Crippen LogP contribution in [0.1, 0.15) is 18.9 Å². The SMILES string of the molecule is Cc1c([N+](=O)[O-])cnc(NC(C)CC(F)(F)F)c1Br. The zero-order valence-corrected chi connectivity index (χ0v) is 11.7. The van der Waals surface area contributed by atoms with Crippen molar-refractivity contribution in [2.45, 2.75) is 32.5 Å². The number of hydrogen-bond acceptors (Lipinski definition) is 4. The van der Waals surface area contributed by atoms with Crippen LogP contribution in [0.5, 0.6) is 0 Å². The molecule has 0 amide bonds. The van der Waals surface area contributed by atoms with Crippen molar-refractivity contribution in [1.82, 2.24) is 4.98 Å². The molecule has 0 fully saturated rings. The maximum absolute atomic E-state index is 12.2. The number of nitrogens with one attached hydrogen (secondary N) is 1. The third kappa shape index (κ3) is 4.34. The molecule has 1 aromatic heterocycles. The summed E-state index contributed by atoms with van der Waals surface area (Å²) in [6, 6.07) is -0.885. The second-order valence-corrected chi connectivity index (χ2v) is 4.85. The summed E-state index contributed by atoms with van der Waals surface area (Å²) in [5, 5.41) is 13.2. The number of aromatic nitrogens is 1. The summed E-state index contributed by atoms with van der Waals surface area (Å²) in [6.07, 6.45) is -4.28. The van der Waals surface area contributed by atoms with Gasteiger partial charge in [0.2, 0.25) is 0 Å². The largest absolute Gasteiger partial charge is 0.391 e. The standard InChI is InChI=1S/C10H11BrF3N3O2/c1-5(3-10(12,13)14)16-9-8(11)6(2)7(4-15-9)17(18)19/h4-5H,3H2,1-2H3,(H,15,16). The van der Waals surface area contributed by atoms with Gasteiger partial charge in [0.1, 0.15) is 12.0 Å². The number of halogens is 4. The quantitative estimate of drug-likeness (QED) is 0.667. The molecule has 1 aromatic rings. The molecule has 0 bridgehead atoms.